The molecule has 0 saturated carbocycles. The quantitative estimate of drug-likeness (QED) is 0.723. The average Bonchev–Trinajstić information content (AvgIpc) is 3.06. The van der Waals surface area contributed by atoms with Crippen LogP contribution in [-0.2, 0) is 6.54 Å². The summed E-state index contributed by atoms with van der Waals surface area (Å²) in [6.45, 7) is 3.40. The van der Waals surface area contributed by atoms with E-state index in [0.29, 0.717) is 10.9 Å². The van der Waals surface area contributed by atoms with E-state index in [1.807, 2.05) is 29.6 Å². The number of benzene rings is 1. The van der Waals surface area contributed by atoms with Gasteiger partial charge in [-0.2, -0.15) is 5.26 Å². The number of nitrogens with zero attached hydrogens (tertiary/aromatic N) is 5. The highest BCUT2D eigenvalue weighted by atomic mass is 19.1. The SMILES string of the molecule is Cc1cc(F)cc2c(N(C)CCCn3ccnc3)c(C#N)cnc12. The predicted octanol–water partition coefficient (Wildman–Crippen LogP) is 3.28. The molecular weight excluding hydrogens is 305 g/mol. The zero-order valence-electron chi connectivity index (χ0n) is 13.7. The molecule has 3 aromatic rings. The van der Waals surface area contributed by atoms with Crippen LogP contribution in [0.2, 0.25) is 0 Å². The Hall–Kier alpha value is -2.94. The summed E-state index contributed by atoms with van der Waals surface area (Å²) >= 11 is 0. The van der Waals surface area contributed by atoms with Crippen LogP contribution in [0.25, 0.3) is 10.9 Å². The van der Waals surface area contributed by atoms with E-state index in [1.165, 1.54) is 12.1 Å². The van der Waals surface area contributed by atoms with Gasteiger partial charge in [0.05, 0.1) is 23.1 Å². The molecular formula is C18H18FN5. The molecule has 0 fully saturated rings. The molecule has 0 amide bonds. The Bertz CT molecular complexity index is 896. The van der Waals surface area contributed by atoms with E-state index in [1.54, 1.807) is 18.7 Å². The van der Waals surface area contributed by atoms with E-state index in [2.05, 4.69) is 16.0 Å². The van der Waals surface area contributed by atoms with E-state index >= 15 is 0 Å². The lowest BCUT2D eigenvalue weighted by Crippen LogP contribution is -2.21. The second-order valence-corrected chi connectivity index (χ2v) is 5.83. The highest BCUT2D eigenvalue weighted by Crippen LogP contribution is 2.31. The van der Waals surface area contributed by atoms with Crippen molar-refractivity contribution in [3.8, 4) is 6.07 Å². The highest BCUT2D eigenvalue weighted by Gasteiger charge is 2.15. The standard InChI is InChI=1S/C18H18FN5/c1-13-8-15(19)9-16-17(13)22-11-14(10-20)18(16)23(2)5-3-6-24-7-4-21-12-24/h4,7-9,11-12H,3,5-6H2,1-2H3. The number of rotatable bonds is 5. The molecule has 5 nitrogen and oxygen atoms in total. The molecule has 0 N–H and O–H groups in total. The van der Waals surface area contributed by atoms with Gasteiger partial charge in [0, 0.05) is 44.1 Å². The Labute approximate surface area is 140 Å². The van der Waals surface area contributed by atoms with Crippen molar-refractivity contribution >= 4 is 16.6 Å². The minimum absolute atomic E-state index is 0.315. The van der Waals surface area contributed by atoms with Gasteiger partial charge in [0.2, 0.25) is 0 Å². The smallest absolute Gasteiger partial charge is 0.124 e. The van der Waals surface area contributed by atoms with Crippen LogP contribution in [0.4, 0.5) is 10.1 Å². The van der Waals surface area contributed by atoms with Gasteiger partial charge in [0.25, 0.3) is 0 Å². The first-order chi connectivity index (χ1) is 11.6. The molecule has 0 unspecified atom stereocenters. The minimum atomic E-state index is -0.315. The number of imidazole rings is 1. The molecule has 1 aromatic carbocycles. The van der Waals surface area contributed by atoms with Crippen LogP contribution in [-0.4, -0.2) is 28.1 Å². The maximum atomic E-state index is 13.9. The molecule has 0 aliphatic rings. The summed E-state index contributed by atoms with van der Waals surface area (Å²) in [7, 11) is 1.92. The van der Waals surface area contributed by atoms with Crippen molar-refractivity contribution in [3.05, 3.63) is 54.0 Å². The third-order valence-corrected chi connectivity index (χ3v) is 4.07. The number of hydrogen-bond donors (Lipinski definition) is 0. The highest BCUT2D eigenvalue weighted by molar-refractivity contribution is 5.96. The summed E-state index contributed by atoms with van der Waals surface area (Å²) < 4.78 is 15.9. The number of hydrogen-bond acceptors (Lipinski definition) is 4. The lowest BCUT2D eigenvalue weighted by Gasteiger charge is -2.22. The third-order valence-electron chi connectivity index (χ3n) is 4.07. The molecule has 0 aliphatic carbocycles. The molecule has 0 saturated heterocycles. The molecule has 122 valence electrons. The number of fused-ring (bicyclic) bond motifs is 1. The fourth-order valence-corrected chi connectivity index (χ4v) is 2.94. The first-order valence-corrected chi connectivity index (χ1v) is 7.76. The summed E-state index contributed by atoms with van der Waals surface area (Å²) in [5.41, 5.74) is 2.68. The monoisotopic (exact) mass is 323 g/mol. The van der Waals surface area contributed by atoms with E-state index < -0.39 is 0 Å². The molecule has 0 spiro atoms. The van der Waals surface area contributed by atoms with Crippen LogP contribution in [0.3, 0.4) is 0 Å². The second kappa shape index (κ2) is 6.67. The van der Waals surface area contributed by atoms with E-state index in [9.17, 15) is 9.65 Å². The van der Waals surface area contributed by atoms with Crippen molar-refractivity contribution in [1.29, 1.82) is 5.26 Å². The van der Waals surface area contributed by atoms with Gasteiger partial charge in [0.15, 0.2) is 0 Å². The molecule has 2 aromatic heterocycles. The van der Waals surface area contributed by atoms with Crippen molar-refractivity contribution in [2.45, 2.75) is 19.9 Å². The summed E-state index contributed by atoms with van der Waals surface area (Å²) in [5.74, 6) is -0.315. The summed E-state index contributed by atoms with van der Waals surface area (Å²) in [4.78, 5) is 10.3. The van der Waals surface area contributed by atoms with Crippen LogP contribution < -0.4 is 4.90 Å². The Kier molecular flexibility index (Phi) is 4.43. The topological polar surface area (TPSA) is 57.7 Å². The predicted molar refractivity (Wildman–Crippen MR) is 91.3 cm³/mol. The van der Waals surface area contributed by atoms with E-state index in [-0.39, 0.29) is 5.82 Å². The van der Waals surface area contributed by atoms with Crippen molar-refractivity contribution in [1.82, 2.24) is 14.5 Å². The molecule has 0 radical (unpaired) electrons. The van der Waals surface area contributed by atoms with Crippen LogP contribution in [0.5, 0.6) is 0 Å². The van der Waals surface area contributed by atoms with Crippen LogP contribution >= 0.6 is 0 Å². The molecule has 0 bridgehead atoms. The fraction of sp³-hybridized carbons (Fsp3) is 0.278. The number of aryl methyl sites for hydroxylation is 2. The Morgan fingerprint density at radius 2 is 2.21 bits per heavy atom. The average molecular weight is 323 g/mol. The first kappa shape index (κ1) is 15.9. The van der Waals surface area contributed by atoms with Crippen LogP contribution in [0.15, 0.2) is 37.1 Å². The zero-order valence-corrected chi connectivity index (χ0v) is 13.7. The van der Waals surface area contributed by atoms with Gasteiger partial charge in [0.1, 0.15) is 11.9 Å². The first-order valence-electron chi connectivity index (χ1n) is 7.76. The maximum Gasteiger partial charge on any atom is 0.124 e. The Morgan fingerprint density at radius 3 is 2.92 bits per heavy atom. The minimum Gasteiger partial charge on any atom is -0.373 e. The maximum absolute atomic E-state index is 13.9. The molecule has 3 rings (SSSR count). The van der Waals surface area contributed by atoms with Gasteiger partial charge in [-0.1, -0.05) is 0 Å². The number of nitriles is 1. The fourth-order valence-electron chi connectivity index (χ4n) is 2.94. The zero-order chi connectivity index (χ0) is 17.1. The lowest BCUT2D eigenvalue weighted by molar-refractivity contribution is 0.628. The van der Waals surface area contributed by atoms with Crippen molar-refractivity contribution in [2.24, 2.45) is 0 Å². The van der Waals surface area contributed by atoms with Gasteiger partial charge in [-0.05, 0) is 31.0 Å². The largest absolute Gasteiger partial charge is 0.373 e. The summed E-state index contributed by atoms with van der Waals surface area (Å²) in [5, 5.41) is 10.1. The van der Waals surface area contributed by atoms with Gasteiger partial charge in [-0.15, -0.1) is 0 Å². The van der Waals surface area contributed by atoms with Crippen molar-refractivity contribution in [2.75, 3.05) is 18.5 Å². The van der Waals surface area contributed by atoms with Gasteiger partial charge >= 0.3 is 0 Å². The van der Waals surface area contributed by atoms with E-state index in [4.69, 9.17) is 0 Å². The molecule has 0 aliphatic heterocycles. The third kappa shape index (κ3) is 3.06. The summed E-state index contributed by atoms with van der Waals surface area (Å²) in [6, 6.07) is 5.09. The number of aromatic nitrogens is 3. The van der Waals surface area contributed by atoms with Gasteiger partial charge in [-0.25, -0.2) is 9.37 Å². The Morgan fingerprint density at radius 1 is 1.38 bits per heavy atom. The molecule has 24 heavy (non-hydrogen) atoms. The van der Waals surface area contributed by atoms with Crippen LogP contribution in [0.1, 0.15) is 17.5 Å². The number of halogens is 1. The molecule has 2 heterocycles. The number of pyridine rings is 1. The van der Waals surface area contributed by atoms with Crippen molar-refractivity contribution < 1.29 is 4.39 Å². The van der Waals surface area contributed by atoms with Crippen LogP contribution in [0, 0.1) is 24.1 Å². The normalized spacial score (nSPS) is 10.8. The van der Waals surface area contributed by atoms with E-state index in [0.717, 1.165) is 36.3 Å². The summed E-state index contributed by atoms with van der Waals surface area (Å²) in [6.07, 6.45) is 7.90. The second-order valence-electron chi connectivity index (χ2n) is 5.83. The van der Waals surface area contributed by atoms with Gasteiger partial charge in [-0.3, -0.25) is 4.98 Å². The number of anilines is 1. The van der Waals surface area contributed by atoms with Crippen molar-refractivity contribution in [3.63, 3.8) is 0 Å². The molecule has 6 heteroatoms. The van der Waals surface area contributed by atoms with Gasteiger partial charge < -0.3 is 9.47 Å². The molecule has 0 atom stereocenters. The lowest BCUT2D eigenvalue weighted by atomic mass is 10.1. The Balaban J connectivity index is 1.92.